The van der Waals surface area contributed by atoms with Crippen molar-refractivity contribution in [1.82, 2.24) is 5.32 Å². The SMILES string of the molecule is COc1ccc(C2N=C(Nc3ccc(Br)c(Cl)c3)NC(=O)C2C#N)cc1. The lowest BCUT2D eigenvalue weighted by atomic mass is 9.92. The fraction of sp³-hybridized carbons (Fsp3) is 0.167. The first-order chi connectivity index (χ1) is 12.5. The molecule has 2 atom stereocenters. The van der Waals surface area contributed by atoms with Crippen molar-refractivity contribution in [1.29, 1.82) is 5.26 Å². The topological polar surface area (TPSA) is 86.5 Å². The van der Waals surface area contributed by atoms with Crippen LogP contribution in [-0.4, -0.2) is 19.0 Å². The zero-order valence-corrected chi connectivity index (χ0v) is 16.0. The lowest BCUT2D eigenvalue weighted by Crippen LogP contribution is -2.45. The standard InChI is InChI=1S/C18H14BrClN4O2/c1-26-12-5-2-10(3-6-12)16-13(9-21)17(25)24-18(23-16)22-11-4-7-14(19)15(20)8-11/h2-8,13,16H,1H3,(H2,22,23,24,25). The molecule has 0 spiro atoms. The molecule has 1 aliphatic rings. The average Bonchev–Trinajstić information content (AvgIpc) is 2.64. The Balaban J connectivity index is 1.92. The van der Waals surface area contributed by atoms with Gasteiger partial charge >= 0.3 is 0 Å². The number of aliphatic imine (C=N–C) groups is 1. The van der Waals surface area contributed by atoms with Crippen LogP contribution >= 0.6 is 27.5 Å². The minimum absolute atomic E-state index is 0.265. The van der Waals surface area contributed by atoms with Gasteiger partial charge in [-0.25, -0.2) is 4.99 Å². The number of hydrogen-bond donors (Lipinski definition) is 2. The third-order valence-corrected chi connectivity index (χ3v) is 5.12. The van der Waals surface area contributed by atoms with Crippen molar-refractivity contribution in [3.63, 3.8) is 0 Å². The molecule has 2 aromatic carbocycles. The number of amides is 1. The Kier molecular flexibility index (Phi) is 5.45. The van der Waals surface area contributed by atoms with Crippen molar-refractivity contribution >= 4 is 45.1 Å². The van der Waals surface area contributed by atoms with E-state index in [0.29, 0.717) is 16.5 Å². The van der Waals surface area contributed by atoms with Gasteiger partial charge in [-0.2, -0.15) is 5.26 Å². The van der Waals surface area contributed by atoms with Gasteiger partial charge in [-0.3, -0.25) is 10.1 Å². The Hall–Kier alpha value is -2.56. The predicted octanol–water partition coefficient (Wildman–Crippen LogP) is 3.89. The first kappa shape index (κ1) is 18.2. The fourth-order valence-corrected chi connectivity index (χ4v) is 2.98. The van der Waals surface area contributed by atoms with Crippen LogP contribution in [0, 0.1) is 17.2 Å². The molecule has 0 saturated carbocycles. The molecule has 3 rings (SSSR count). The van der Waals surface area contributed by atoms with Gasteiger partial charge in [0.15, 0.2) is 5.92 Å². The number of ether oxygens (including phenoxy) is 1. The maximum atomic E-state index is 12.3. The molecular weight excluding hydrogens is 420 g/mol. The van der Waals surface area contributed by atoms with Gasteiger partial charge in [-0.1, -0.05) is 23.7 Å². The minimum Gasteiger partial charge on any atom is -0.497 e. The minimum atomic E-state index is -0.914. The number of anilines is 1. The van der Waals surface area contributed by atoms with Gasteiger partial charge in [0.25, 0.3) is 0 Å². The summed E-state index contributed by atoms with van der Waals surface area (Å²) in [5.74, 6) is -0.369. The molecule has 0 radical (unpaired) electrons. The summed E-state index contributed by atoms with van der Waals surface area (Å²) in [5.41, 5.74) is 1.42. The summed E-state index contributed by atoms with van der Waals surface area (Å²) >= 11 is 9.42. The van der Waals surface area contributed by atoms with Gasteiger partial charge in [-0.05, 0) is 51.8 Å². The molecule has 1 amide bonds. The second kappa shape index (κ2) is 7.77. The zero-order chi connectivity index (χ0) is 18.7. The Morgan fingerprint density at radius 3 is 2.65 bits per heavy atom. The molecule has 0 fully saturated rings. The smallest absolute Gasteiger partial charge is 0.246 e. The van der Waals surface area contributed by atoms with E-state index in [0.717, 1.165) is 10.0 Å². The number of carbonyl (C=O) groups is 1. The van der Waals surface area contributed by atoms with E-state index in [2.05, 4.69) is 31.6 Å². The van der Waals surface area contributed by atoms with Crippen LogP contribution in [0.2, 0.25) is 5.02 Å². The summed E-state index contributed by atoms with van der Waals surface area (Å²) in [6.07, 6.45) is 0. The predicted molar refractivity (Wildman–Crippen MR) is 103 cm³/mol. The van der Waals surface area contributed by atoms with Crippen molar-refractivity contribution in [2.75, 3.05) is 12.4 Å². The van der Waals surface area contributed by atoms with E-state index in [9.17, 15) is 10.1 Å². The van der Waals surface area contributed by atoms with Crippen LogP contribution in [0.25, 0.3) is 0 Å². The van der Waals surface area contributed by atoms with E-state index in [-0.39, 0.29) is 5.96 Å². The van der Waals surface area contributed by atoms with E-state index in [4.69, 9.17) is 16.3 Å². The highest BCUT2D eigenvalue weighted by Gasteiger charge is 2.34. The summed E-state index contributed by atoms with van der Waals surface area (Å²) in [5, 5.41) is 15.6. The van der Waals surface area contributed by atoms with Crippen molar-refractivity contribution in [3.05, 3.63) is 57.5 Å². The van der Waals surface area contributed by atoms with Crippen LogP contribution in [-0.2, 0) is 4.79 Å². The molecular formula is C18H14BrClN4O2. The number of nitrogens with one attached hydrogen (secondary N) is 2. The molecule has 6 nitrogen and oxygen atoms in total. The highest BCUT2D eigenvalue weighted by molar-refractivity contribution is 9.10. The van der Waals surface area contributed by atoms with Crippen molar-refractivity contribution < 1.29 is 9.53 Å². The summed E-state index contributed by atoms with van der Waals surface area (Å²) in [6, 6.07) is 13.8. The van der Waals surface area contributed by atoms with Crippen LogP contribution in [0.3, 0.4) is 0 Å². The number of guanidine groups is 1. The molecule has 0 aliphatic carbocycles. The number of carbonyl (C=O) groups excluding carboxylic acids is 1. The first-order valence-electron chi connectivity index (χ1n) is 7.66. The van der Waals surface area contributed by atoms with Gasteiger partial charge in [0.2, 0.25) is 11.9 Å². The van der Waals surface area contributed by atoms with Crippen LogP contribution in [0.5, 0.6) is 5.75 Å². The lowest BCUT2D eigenvalue weighted by Gasteiger charge is -2.25. The normalized spacial score (nSPS) is 19.2. The first-order valence-corrected chi connectivity index (χ1v) is 8.83. The number of hydrogen-bond acceptors (Lipinski definition) is 5. The number of nitrogens with zero attached hydrogens (tertiary/aromatic N) is 2. The Morgan fingerprint density at radius 2 is 2.04 bits per heavy atom. The largest absolute Gasteiger partial charge is 0.497 e. The Labute approximate surface area is 164 Å². The van der Waals surface area contributed by atoms with Crippen LogP contribution in [0.4, 0.5) is 5.69 Å². The second-order valence-electron chi connectivity index (χ2n) is 5.55. The van der Waals surface area contributed by atoms with Crippen LogP contribution in [0.15, 0.2) is 51.9 Å². The molecule has 0 aromatic heterocycles. The molecule has 0 bridgehead atoms. The average molecular weight is 434 g/mol. The maximum absolute atomic E-state index is 12.3. The quantitative estimate of drug-likeness (QED) is 0.769. The van der Waals surface area contributed by atoms with E-state index in [1.807, 2.05) is 6.07 Å². The lowest BCUT2D eigenvalue weighted by molar-refractivity contribution is -0.122. The third-order valence-electron chi connectivity index (χ3n) is 3.89. The van der Waals surface area contributed by atoms with Crippen molar-refractivity contribution in [2.45, 2.75) is 6.04 Å². The number of nitriles is 1. The molecule has 2 N–H and O–H groups in total. The van der Waals surface area contributed by atoms with Gasteiger partial charge in [0, 0.05) is 10.2 Å². The second-order valence-corrected chi connectivity index (χ2v) is 6.81. The number of rotatable bonds is 3. The monoisotopic (exact) mass is 432 g/mol. The van der Waals surface area contributed by atoms with Gasteiger partial charge < -0.3 is 10.1 Å². The van der Waals surface area contributed by atoms with Gasteiger partial charge in [-0.15, -0.1) is 0 Å². The summed E-state index contributed by atoms with van der Waals surface area (Å²) in [4.78, 5) is 16.9. The molecule has 8 heteroatoms. The summed E-state index contributed by atoms with van der Waals surface area (Å²) in [6.45, 7) is 0. The van der Waals surface area contributed by atoms with Crippen molar-refractivity contribution in [2.24, 2.45) is 10.9 Å². The molecule has 1 heterocycles. The van der Waals surface area contributed by atoms with E-state index < -0.39 is 17.9 Å². The van der Waals surface area contributed by atoms with Crippen LogP contribution < -0.4 is 15.4 Å². The molecule has 26 heavy (non-hydrogen) atoms. The summed E-state index contributed by atoms with van der Waals surface area (Å²) in [7, 11) is 1.57. The Morgan fingerprint density at radius 1 is 1.31 bits per heavy atom. The molecule has 132 valence electrons. The molecule has 0 saturated heterocycles. The number of halogens is 2. The number of benzene rings is 2. The van der Waals surface area contributed by atoms with Gasteiger partial charge in [0.05, 0.1) is 18.2 Å². The van der Waals surface area contributed by atoms with Gasteiger partial charge in [0.1, 0.15) is 11.8 Å². The summed E-state index contributed by atoms with van der Waals surface area (Å²) < 4.78 is 5.91. The fourth-order valence-electron chi connectivity index (χ4n) is 2.56. The van der Waals surface area contributed by atoms with E-state index >= 15 is 0 Å². The zero-order valence-electron chi connectivity index (χ0n) is 13.7. The third kappa shape index (κ3) is 3.82. The van der Waals surface area contributed by atoms with Crippen molar-refractivity contribution in [3.8, 4) is 11.8 Å². The molecule has 1 aliphatic heterocycles. The highest BCUT2D eigenvalue weighted by atomic mass is 79.9. The van der Waals surface area contributed by atoms with Crippen LogP contribution in [0.1, 0.15) is 11.6 Å². The van der Waals surface area contributed by atoms with E-state index in [1.165, 1.54) is 0 Å². The maximum Gasteiger partial charge on any atom is 0.246 e. The number of methoxy groups -OCH3 is 1. The Bertz CT molecular complexity index is 908. The molecule has 2 unspecified atom stereocenters. The van der Waals surface area contributed by atoms with E-state index in [1.54, 1.807) is 49.6 Å². The molecule has 2 aromatic rings. The highest BCUT2D eigenvalue weighted by Crippen LogP contribution is 2.31.